The highest BCUT2D eigenvalue weighted by atomic mass is 16.5. The third-order valence-corrected chi connectivity index (χ3v) is 6.93. The van der Waals surface area contributed by atoms with Gasteiger partial charge < -0.3 is 9.64 Å². The van der Waals surface area contributed by atoms with Crippen LogP contribution in [-0.2, 0) is 6.42 Å². The predicted octanol–water partition coefficient (Wildman–Crippen LogP) is 2.30. The molecule has 2 aliphatic carbocycles. The van der Waals surface area contributed by atoms with E-state index in [0.717, 1.165) is 24.9 Å². The number of likely N-dealkylation sites (tertiary alicyclic amines) is 1. The van der Waals surface area contributed by atoms with E-state index in [2.05, 4.69) is 27.1 Å². The van der Waals surface area contributed by atoms with Crippen molar-refractivity contribution in [2.24, 2.45) is 11.3 Å². The van der Waals surface area contributed by atoms with Crippen LogP contribution < -0.4 is 4.74 Å². The van der Waals surface area contributed by atoms with E-state index >= 15 is 0 Å². The van der Waals surface area contributed by atoms with Crippen LogP contribution in [0.3, 0.4) is 0 Å². The van der Waals surface area contributed by atoms with Gasteiger partial charge in [0.15, 0.2) is 0 Å². The standard InChI is InChI=1S/C22H22N6O2/c1-2-14-11-23-21(24-12-14)30-18-10-22-9-15(22)13-27(19(18)22)20(29)16-5-3-4-6-17(16)28-25-7-8-26-28/h3-8,11-12,15,18-19H,2,9-10,13H2,1H3. The Labute approximate surface area is 173 Å². The molecule has 1 aromatic carbocycles. The summed E-state index contributed by atoms with van der Waals surface area (Å²) in [5.74, 6) is 0.583. The fourth-order valence-corrected chi connectivity index (χ4v) is 5.30. The van der Waals surface area contributed by atoms with Crippen LogP contribution in [0.15, 0.2) is 49.1 Å². The number of benzene rings is 1. The molecule has 0 radical (unpaired) electrons. The maximum absolute atomic E-state index is 13.6. The minimum atomic E-state index is -0.0658. The maximum atomic E-state index is 13.6. The maximum Gasteiger partial charge on any atom is 0.316 e. The molecule has 6 rings (SSSR count). The number of hydrogen-bond acceptors (Lipinski definition) is 6. The van der Waals surface area contributed by atoms with Gasteiger partial charge in [-0.2, -0.15) is 15.0 Å². The van der Waals surface area contributed by atoms with E-state index in [1.165, 1.54) is 11.2 Å². The summed E-state index contributed by atoms with van der Waals surface area (Å²) in [5, 5.41) is 8.41. The average Bonchev–Trinajstić information content (AvgIpc) is 3.14. The van der Waals surface area contributed by atoms with E-state index in [9.17, 15) is 4.79 Å². The van der Waals surface area contributed by atoms with Gasteiger partial charge in [-0.3, -0.25) is 4.79 Å². The van der Waals surface area contributed by atoms with E-state index in [1.807, 2.05) is 41.6 Å². The van der Waals surface area contributed by atoms with E-state index < -0.39 is 0 Å². The minimum absolute atomic E-state index is 0.00928. The van der Waals surface area contributed by atoms with E-state index in [0.29, 0.717) is 23.2 Å². The molecule has 3 fully saturated rings. The van der Waals surface area contributed by atoms with Crippen molar-refractivity contribution in [3.63, 3.8) is 0 Å². The fraction of sp³-hybridized carbons (Fsp3) is 0.409. The summed E-state index contributed by atoms with van der Waals surface area (Å²) in [6.45, 7) is 2.85. The molecule has 2 aromatic heterocycles. The van der Waals surface area contributed by atoms with Gasteiger partial charge in [0.25, 0.3) is 5.91 Å². The second kappa shape index (κ2) is 6.35. The van der Waals surface area contributed by atoms with Gasteiger partial charge >= 0.3 is 6.01 Å². The summed E-state index contributed by atoms with van der Waals surface area (Å²) in [6.07, 6.45) is 9.81. The Hall–Kier alpha value is -3.29. The minimum Gasteiger partial charge on any atom is -0.458 e. The molecule has 8 heteroatoms. The molecule has 152 valence electrons. The van der Waals surface area contributed by atoms with E-state index in [1.54, 1.807) is 12.4 Å². The van der Waals surface area contributed by atoms with Gasteiger partial charge in [-0.05, 0) is 42.9 Å². The topological polar surface area (TPSA) is 86.0 Å². The zero-order chi connectivity index (χ0) is 20.3. The Kier molecular flexibility index (Phi) is 3.72. The van der Waals surface area contributed by atoms with Gasteiger partial charge in [0.1, 0.15) is 6.10 Å². The van der Waals surface area contributed by atoms with Gasteiger partial charge in [0, 0.05) is 24.4 Å². The van der Waals surface area contributed by atoms with Gasteiger partial charge in [0.2, 0.25) is 0 Å². The van der Waals surface area contributed by atoms with Gasteiger partial charge in [-0.25, -0.2) is 9.97 Å². The van der Waals surface area contributed by atoms with Crippen LogP contribution in [-0.4, -0.2) is 54.5 Å². The van der Waals surface area contributed by atoms with Crippen LogP contribution in [0.4, 0.5) is 0 Å². The molecular weight excluding hydrogens is 380 g/mol. The number of carbonyl (C=O) groups excluding carboxylic acids is 1. The quantitative estimate of drug-likeness (QED) is 0.651. The molecule has 1 amide bonds. The number of para-hydroxylation sites is 1. The lowest BCUT2D eigenvalue weighted by molar-refractivity contribution is -0.0368. The summed E-state index contributed by atoms with van der Waals surface area (Å²) < 4.78 is 6.13. The molecule has 8 nitrogen and oxygen atoms in total. The summed E-state index contributed by atoms with van der Waals surface area (Å²) >= 11 is 0. The Morgan fingerprint density at radius 3 is 2.70 bits per heavy atom. The molecule has 3 aromatic rings. The number of carbonyl (C=O) groups is 1. The molecule has 1 saturated heterocycles. The third-order valence-electron chi connectivity index (χ3n) is 6.93. The Morgan fingerprint density at radius 2 is 1.93 bits per heavy atom. The first-order valence-electron chi connectivity index (χ1n) is 10.4. The van der Waals surface area contributed by atoms with Gasteiger partial charge in [-0.15, -0.1) is 0 Å². The highest BCUT2D eigenvalue weighted by Crippen LogP contribution is 2.71. The summed E-state index contributed by atoms with van der Waals surface area (Å²) in [7, 11) is 0. The molecule has 3 heterocycles. The first-order valence-corrected chi connectivity index (χ1v) is 10.4. The summed E-state index contributed by atoms with van der Waals surface area (Å²) in [6, 6.07) is 7.96. The first kappa shape index (κ1) is 17.6. The lowest BCUT2D eigenvalue weighted by atomic mass is 9.73. The van der Waals surface area contributed by atoms with Crippen LogP contribution in [0.1, 0.15) is 35.7 Å². The lowest BCUT2D eigenvalue weighted by Gasteiger charge is -2.46. The average molecular weight is 402 g/mol. The largest absolute Gasteiger partial charge is 0.458 e. The number of aryl methyl sites for hydroxylation is 1. The van der Waals surface area contributed by atoms with Crippen molar-refractivity contribution in [1.82, 2.24) is 29.9 Å². The second-order valence-corrected chi connectivity index (χ2v) is 8.46. The van der Waals surface area contributed by atoms with Gasteiger partial charge in [0.05, 0.1) is 29.7 Å². The monoisotopic (exact) mass is 402 g/mol. The number of hydrogen-bond donors (Lipinski definition) is 0. The van der Waals surface area contributed by atoms with Gasteiger partial charge in [-0.1, -0.05) is 19.1 Å². The van der Waals surface area contributed by atoms with E-state index in [4.69, 9.17) is 4.74 Å². The number of aromatic nitrogens is 5. The molecule has 1 spiro atoms. The zero-order valence-electron chi connectivity index (χ0n) is 16.7. The number of ether oxygens (including phenoxy) is 1. The molecule has 0 N–H and O–H groups in total. The zero-order valence-corrected chi connectivity index (χ0v) is 16.7. The highest BCUT2D eigenvalue weighted by molar-refractivity contribution is 5.98. The summed E-state index contributed by atoms with van der Waals surface area (Å²) in [4.78, 5) is 25.7. The highest BCUT2D eigenvalue weighted by Gasteiger charge is 2.76. The number of nitrogens with zero attached hydrogens (tertiary/aromatic N) is 6. The summed E-state index contributed by atoms with van der Waals surface area (Å²) in [5.41, 5.74) is 2.61. The molecule has 30 heavy (non-hydrogen) atoms. The van der Waals surface area contributed by atoms with Crippen molar-refractivity contribution in [1.29, 1.82) is 0 Å². The van der Waals surface area contributed by atoms with Crippen LogP contribution >= 0.6 is 0 Å². The molecule has 0 bridgehead atoms. The third kappa shape index (κ3) is 2.49. The molecule has 1 aliphatic heterocycles. The van der Waals surface area contributed by atoms with E-state index in [-0.39, 0.29) is 23.5 Å². The molecular formula is C22H22N6O2. The van der Waals surface area contributed by atoms with Crippen LogP contribution in [0.5, 0.6) is 6.01 Å². The lowest BCUT2D eigenvalue weighted by Crippen LogP contribution is -2.59. The molecule has 2 saturated carbocycles. The predicted molar refractivity (Wildman–Crippen MR) is 107 cm³/mol. The fourth-order valence-electron chi connectivity index (χ4n) is 5.30. The van der Waals surface area contributed by atoms with Crippen molar-refractivity contribution in [3.8, 4) is 11.7 Å². The Morgan fingerprint density at radius 1 is 1.17 bits per heavy atom. The Balaban J connectivity index is 1.26. The van der Waals surface area contributed by atoms with Crippen molar-refractivity contribution < 1.29 is 9.53 Å². The Bertz CT molecular complexity index is 1100. The van der Waals surface area contributed by atoms with Crippen LogP contribution in [0, 0.1) is 11.3 Å². The number of rotatable bonds is 5. The second-order valence-electron chi connectivity index (χ2n) is 8.46. The SMILES string of the molecule is CCc1cnc(OC2CC34CC3CN(C(=O)c3ccccc3-n3nccn3)C24)nc1. The molecule has 4 atom stereocenters. The molecule has 4 unspecified atom stereocenters. The van der Waals surface area contributed by atoms with Crippen molar-refractivity contribution >= 4 is 5.91 Å². The normalized spacial score (nSPS) is 28.4. The smallest absolute Gasteiger partial charge is 0.316 e. The first-order chi connectivity index (χ1) is 14.7. The van der Waals surface area contributed by atoms with Crippen LogP contribution in [0.2, 0.25) is 0 Å². The van der Waals surface area contributed by atoms with Crippen LogP contribution in [0.25, 0.3) is 5.69 Å². The molecule has 3 aliphatic rings. The van der Waals surface area contributed by atoms with Crippen molar-refractivity contribution in [3.05, 3.63) is 60.2 Å². The van der Waals surface area contributed by atoms with Crippen molar-refractivity contribution in [2.45, 2.75) is 38.3 Å². The number of piperidine rings is 1. The number of amides is 1. The van der Waals surface area contributed by atoms with Crippen molar-refractivity contribution in [2.75, 3.05) is 6.54 Å².